The quantitative estimate of drug-likeness (QED) is 0.106. The topological polar surface area (TPSA) is 220 Å². The Bertz CT molecular complexity index is 1070. The summed E-state index contributed by atoms with van der Waals surface area (Å²) in [6, 6.07) is -3.26. The zero-order valence-electron chi connectivity index (χ0n) is 15.6. The SMILES string of the molecule is CO/N=C(\C(=O)N[C@@H]1C(=O)N(S(=O)(=O)O)[C@@H]1COS(=O)(=O)NCCF)c1csc(N)n1. The minimum absolute atomic E-state index is 0.00828. The Balaban J connectivity index is 2.21. The number of amides is 2. The van der Waals surface area contributed by atoms with Gasteiger partial charge in [-0.25, -0.2) is 13.7 Å². The summed E-state index contributed by atoms with van der Waals surface area (Å²) in [5, 5.41) is 7.09. The number of anilines is 1. The van der Waals surface area contributed by atoms with Crippen LogP contribution in [0.1, 0.15) is 5.69 Å². The van der Waals surface area contributed by atoms with Gasteiger partial charge in [0.2, 0.25) is 0 Å². The van der Waals surface area contributed by atoms with Crippen LogP contribution < -0.4 is 15.8 Å². The molecule has 0 aliphatic carbocycles. The first-order chi connectivity index (χ1) is 14.4. The molecule has 0 spiro atoms. The summed E-state index contributed by atoms with van der Waals surface area (Å²) < 4.78 is 73.6. The van der Waals surface area contributed by atoms with E-state index in [1.165, 1.54) is 5.38 Å². The van der Waals surface area contributed by atoms with Crippen LogP contribution in [-0.4, -0.2) is 87.2 Å². The lowest BCUT2D eigenvalue weighted by Crippen LogP contribution is -2.73. The summed E-state index contributed by atoms with van der Waals surface area (Å²) in [6.07, 6.45) is 0. The van der Waals surface area contributed by atoms with Crippen molar-refractivity contribution < 1.29 is 44.4 Å². The number of oxime groups is 1. The van der Waals surface area contributed by atoms with E-state index in [0.717, 1.165) is 18.4 Å². The summed E-state index contributed by atoms with van der Waals surface area (Å²) in [6.45, 7) is -2.64. The number of carbonyl (C=O) groups is 2. The number of nitrogens with one attached hydrogen (secondary N) is 2. The highest BCUT2D eigenvalue weighted by atomic mass is 32.2. The fraction of sp³-hybridized carbons (Fsp3) is 0.500. The van der Waals surface area contributed by atoms with Crippen molar-refractivity contribution >= 4 is 54.6 Å². The Hall–Kier alpha value is -2.45. The number of carbonyl (C=O) groups excluding carboxylic acids is 2. The number of halogens is 1. The summed E-state index contributed by atoms with van der Waals surface area (Å²) in [5.41, 5.74) is 5.08. The van der Waals surface area contributed by atoms with Gasteiger partial charge in [0.1, 0.15) is 31.6 Å². The van der Waals surface area contributed by atoms with Crippen molar-refractivity contribution in [2.75, 3.05) is 32.7 Å². The van der Waals surface area contributed by atoms with Crippen molar-refractivity contribution in [3.05, 3.63) is 11.1 Å². The molecule has 2 atom stereocenters. The van der Waals surface area contributed by atoms with Crippen LogP contribution in [0, 0.1) is 0 Å². The Morgan fingerprint density at radius 3 is 2.65 bits per heavy atom. The summed E-state index contributed by atoms with van der Waals surface area (Å²) >= 11 is 0.979. The van der Waals surface area contributed by atoms with E-state index in [1.807, 2.05) is 0 Å². The van der Waals surface area contributed by atoms with Crippen LogP contribution in [0.15, 0.2) is 10.5 Å². The molecule has 1 aliphatic rings. The van der Waals surface area contributed by atoms with Gasteiger partial charge in [0.25, 0.3) is 11.8 Å². The molecule has 1 fully saturated rings. The molecule has 0 saturated carbocycles. The predicted octanol–water partition coefficient (Wildman–Crippen LogP) is -2.61. The second-order valence-corrected chi connectivity index (χ2v) is 9.26. The standard InChI is InChI=1S/C12H17FN6O9S3/c1-27-18-8(6-5-29-12(14)16-6)10(20)17-9-7(19(11(9)21)31(24,25)26)4-28-30(22,23)15-3-2-13/h5,7,9,15H,2-4H2,1H3,(H2,14,16)(H,17,20)(H,24,25,26)/b18-8-/t7-,9+/m1/s1. The zero-order chi connectivity index (χ0) is 23.4. The van der Waals surface area contributed by atoms with Crippen LogP contribution in [-0.2, 0) is 39.2 Å². The van der Waals surface area contributed by atoms with Crippen molar-refractivity contribution in [2.24, 2.45) is 5.16 Å². The van der Waals surface area contributed by atoms with E-state index in [9.17, 15) is 35.4 Å². The predicted molar refractivity (Wildman–Crippen MR) is 103 cm³/mol. The maximum Gasteiger partial charge on any atom is 0.362 e. The third kappa shape index (κ3) is 6.04. The lowest BCUT2D eigenvalue weighted by molar-refractivity contribution is -0.146. The molecule has 0 radical (unpaired) electrons. The molecule has 174 valence electrons. The Kier molecular flexibility index (Phi) is 7.83. The van der Waals surface area contributed by atoms with E-state index < -0.39 is 70.0 Å². The van der Waals surface area contributed by atoms with E-state index in [4.69, 9.17) is 5.73 Å². The van der Waals surface area contributed by atoms with E-state index >= 15 is 0 Å². The molecule has 1 aliphatic heterocycles. The van der Waals surface area contributed by atoms with Crippen molar-refractivity contribution in [3.8, 4) is 0 Å². The lowest BCUT2D eigenvalue weighted by Gasteiger charge is -2.43. The second kappa shape index (κ2) is 9.78. The molecular weight excluding hydrogens is 487 g/mol. The first-order valence-electron chi connectivity index (χ1n) is 8.05. The largest absolute Gasteiger partial charge is 0.398 e. The second-order valence-electron chi connectivity index (χ2n) is 5.65. The van der Waals surface area contributed by atoms with Crippen molar-refractivity contribution in [2.45, 2.75) is 12.1 Å². The average Bonchev–Trinajstić information content (AvgIpc) is 3.10. The fourth-order valence-electron chi connectivity index (χ4n) is 2.39. The number of rotatable bonds is 11. The molecule has 5 N–H and O–H groups in total. The third-order valence-corrected chi connectivity index (χ3v) is 6.26. The maximum atomic E-state index is 12.5. The van der Waals surface area contributed by atoms with Gasteiger partial charge in [-0.3, -0.25) is 18.3 Å². The van der Waals surface area contributed by atoms with Gasteiger partial charge in [-0.05, 0) is 0 Å². The first-order valence-corrected chi connectivity index (χ1v) is 11.7. The molecule has 1 aromatic rings. The number of aromatic nitrogens is 1. The van der Waals surface area contributed by atoms with Gasteiger partial charge in [0.05, 0.1) is 6.61 Å². The van der Waals surface area contributed by atoms with Crippen LogP contribution in [0.4, 0.5) is 9.52 Å². The molecule has 0 unspecified atom stereocenters. The average molecular weight is 505 g/mol. The molecule has 1 saturated heterocycles. The van der Waals surface area contributed by atoms with Gasteiger partial charge in [-0.1, -0.05) is 5.16 Å². The van der Waals surface area contributed by atoms with E-state index in [1.54, 1.807) is 4.72 Å². The smallest absolute Gasteiger partial charge is 0.362 e. The van der Waals surface area contributed by atoms with Gasteiger partial charge >= 0.3 is 20.6 Å². The van der Waals surface area contributed by atoms with Gasteiger partial charge in [-0.15, -0.1) is 11.3 Å². The molecule has 31 heavy (non-hydrogen) atoms. The monoisotopic (exact) mass is 504 g/mol. The van der Waals surface area contributed by atoms with Crippen LogP contribution >= 0.6 is 11.3 Å². The maximum absolute atomic E-state index is 12.5. The first kappa shape index (κ1) is 24.8. The number of nitrogens with two attached hydrogens (primary N) is 1. The number of alkyl halides is 1. The Labute approximate surface area is 179 Å². The van der Waals surface area contributed by atoms with E-state index in [-0.39, 0.29) is 15.1 Å². The number of thiazole rings is 1. The number of hydrogen-bond donors (Lipinski definition) is 4. The molecular formula is C12H17FN6O9S3. The highest BCUT2D eigenvalue weighted by Gasteiger charge is 2.54. The minimum atomic E-state index is -5.10. The summed E-state index contributed by atoms with van der Waals surface area (Å²) in [5.74, 6) is -2.31. The Morgan fingerprint density at radius 2 is 2.13 bits per heavy atom. The third-order valence-electron chi connectivity index (χ3n) is 3.63. The molecule has 0 aromatic carbocycles. The number of hydrogen-bond acceptors (Lipinski definition) is 12. The summed E-state index contributed by atoms with van der Waals surface area (Å²) in [7, 11) is -8.48. The number of β-lactam (4-membered cyclic amide) rings is 1. The van der Waals surface area contributed by atoms with E-state index in [2.05, 4.69) is 24.5 Å². The van der Waals surface area contributed by atoms with Crippen LogP contribution in [0.3, 0.4) is 0 Å². The molecule has 2 heterocycles. The van der Waals surface area contributed by atoms with Crippen LogP contribution in [0.5, 0.6) is 0 Å². The van der Waals surface area contributed by atoms with Crippen molar-refractivity contribution in [3.63, 3.8) is 0 Å². The van der Waals surface area contributed by atoms with Crippen molar-refractivity contribution in [1.29, 1.82) is 0 Å². The number of nitrogens with zero attached hydrogens (tertiary/aromatic N) is 3. The molecule has 1 aromatic heterocycles. The highest BCUT2D eigenvalue weighted by molar-refractivity contribution is 7.84. The number of nitrogen functional groups attached to an aromatic ring is 1. The zero-order valence-corrected chi connectivity index (χ0v) is 18.0. The normalized spacial score (nSPS) is 19.8. The lowest BCUT2D eigenvalue weighted by atomic mass is 9.99. The molecule has 2 rings (SSSR count). The molecule has 0 bridgehead atoms. The Morgan fingerprint density at radius 1 is 1.45 bits per heavy atom. The van der Waals surface area contributed by atoms with Gasteiger partial charge in [0, 0.05) is 11.9 Å². The molecule has 2 amide bonds. The van der Waals surface area contributed by atoms with E-state index in [0.29, 0.717) is 0 Å². The summed E-state index contributed by atoms with van der Waals surface area (Å²) in [4.78, 5) is 33.1. The minimum Gasteiger partial charge on any atom is -0.398 e. The van der Waals surface area contributed by atoms with Crippen LogP contribution in [0.25, 0.3) is 0 Å². The van der Waals surface area contributed by atoms with Crippen LogP contribution in [0.2, 0.25) is 0 Å². The highest BCUT2D eigenvalue weighted by Crippen LogP contribution is 2.24. The fourth-order valence-corrected chi connectivity index (χ4v) is 4.53. The molecule has 15 nitrogen and oxygen atoms in total. The van der Waals surface area contributed by atoms with Gasteiger partial charge in [0.15, 0.2) is 10.8 Å². The van der Waals surface area contributed by atoms with Crippen molar-refractivity contribution in [1.82, 2.24) is 19.3 Å². The van der Waals surface area contributed by atoms with Gasteiger partial charge < -0.3 is 15.9 Å². The van der Waals surface area contributed by atoms with Gasteiger partial charge in [-0.2, -0.15) is 21.6 Å². The molecule has 19 heteroatoms.